The zero-order chi connectivity index (χ0) is 21.8. The predicted molar refractivity (Wildman–Crippen MR) is 120 cm³/mol. The molecule has 3 aromatic rings. The molecule has 1 aliphatic rings. The SMILES string of the molecule is O=C(c1cccn(Cc2ccccc2)c1=O)N1CCC(NS(=O)(=O)c2cccs2)CC1. The number of nitrogens with zero attached hydrogens (tertiary/aromatic N) is 2. The van der Waals surface area contributed by atoms with Crippen molar-refractivity contribution >= 4 is 27.3 Å². The molecule has 0 atom stereocenters. The number of benzene rings is 1. The first-order valence-electron chi connectivity index (χ1n) is 10.0. The first-order valence-corrected chi connectivity index (χ1v) is 12.4. The Kier molecular flexibility index (Phi) is 6.35. The number of thiophene rings is 1. The minimum atomic E-state index is -3.54. The number of sulfonamides is 1. The standard InChI is InChI=1S/C22H23N3O4S2/c26-21(19-8-4-12-25(22(19)27)16-17-6-2-1-3-7-17)24-13-10-18(11-14-24)23-31(28,29)20-9-5-15-30-20/h1-9,12,15,18,23H,10-11,13-14,16H2. The van der Waals surface area contributed by atoms with Gasteiger partial charge in [-0.2, -0.15) is 0 Å². The Morgan fingerprint density at radius 3 is 2.45 bits per heavy atom. The fraction of sp³-hybridized carbons (Fsp3) is 0.273. The van der Waals surface area contributed by atoms with Gasteiger partial charge in [-0.3, -0.25) is 9.59 Å². The number of aromatic nitrogens is 1. The summed E-state index contributed by atoms with van der Waals surface area (Å²) in [5, 5.41) is 1.72. The third-order valence-corrected chi connectivity index (χ3v) is 8.23. The normalized spacial score (nSPS) is 15.2. The number of rotatable bonds is 6. The van der Waals surface area contributed by atoms with Crippen LogP contribution in [-0.2, 0) is 16.6 Å². The number of amides is 1. The van der Waals surface area contributed by atoms with Crippen molar-refractivity contribution in [2.45, 2.75) is 29.6 Å². The second kappa shape index (κ2) is 9.17. The van der Waals surface area contributed by atoms with Crippen molar-refractivity contribution in [1.82, 2.24) is 14.2 Å². The molecule has 1 fully saturated rings. The Labute approximate surface area is 185 Å². The average molecular weight is 458 g/mol. The lowest BCUT2D eigenvalue weighted by molar-refractivity contribution is 0.0709. The van der Waals surface area contributed by atoms with Gasteiger partial charge in [0, 0.05) is 25.3 Å². The molecule has 9 heteroatoms. The fourth-order valence-corrected chi connectivity index (χ4v) is 5.98. The van der Waals surface area contributed by atoms with Crippen LogP contribution in [0.5, 0.6) is 0 Å². The van der Waals surface area contributed by atoms with Gasteiger partial charge in [-0.25, -0.2) is 13.1 Å². The van der Waals surface area contributed by atoms with E-state index in [1.54, 1.807) is 40.7 Å². The minimum Gasteiger partial charge on any atom is -0.338 e. The van der Waals surface area contributed by atoms with Crippen LogP contribution < -0.4 is 10.3 Å². The summed E-state index contributed by atoms with van der Waals surface area (Å²) in [6.45, 7) is 1.18. The van der Waals surface area contributed by atoms with Gasteiger partial charge >= 0.3 is 0 Å². The molecule has 4 rings (SSSR count). The number of hydrogen-bond donors (Lipinski definition) is 1. The van der Waals surface area contributed by atoms with Crippen LogP contribution in [0.15, 0.2) is 75.2 Å². The largest absolute Gasteiger partial charge is 0.338 e. The molecule has 0 spiro atoms. The van der Waals surface area contributed by atoms with Crippen molar-refractivity contribution < 1.29 is 13.2 Å². The Morgan fingerprint density at radius 2 is 1.77 bits per heavy atom. The van der Waals surface area contributed by atoms with E-state index in [0.717, 1.165) is 5.56 Å². The third kappa shape index (κ3) is 4.95. The zero-order valence-electron chi connectivity index (χ0n) is 16.8. The summed E-state index contributed by atoms with van der Waals surface area (Å²) in [6, 6.07) is 15.9. The van der Waals surface area contributed by atoms with Gasteiger partial charge in [-0.1, -0.05) is 36.4 Å². The highest BCUT2D eigenvalue weighted by Crippen LogP contribution is 2.19. The average Bonchev–Trinajstić information content (AvgIpc) is 3.32. The highest BCUT2D eigenvalue weighted by Gasteiger charge is 2.28. The molecule has 31 heavy (non-hydrogen) atoms. The topological polar surface area (TPSA) is 88.5 Å². The van der Waals surface area contributed by atoms with E-state index in [9.17, 15) is 18.0 Å². The zero-order valence-corrected chi connectivity index (χ0v) is 18.4. The monoisotopic (exact) mass is 457 g/mol. The van der Waals surface area contributed by atoms with Crippen LogP contribution in [0.2, 0.25) is 0 Å². The van der Waals surface area contributed by atoms with Gasteiger partial charge in [-0.05, 0) is 42.0 Å². The van der Waals surface area contributed by atoms with Crippen molar-refractivity contribution in [3.05, 3.63) is 87.7 Å². The van der Waals surface area contributed by atoms with Crippen molar-refractivity contribution in [1.29, 1.82) is 0 Å². The van der Waals surface area contributed by atoms with Crippen LogP contribution in [-0.4, -0.2) is 42.9 Å². The third-order valence-electron chi connectivity index (χ3n) is 5.31. The van der Waals surface area contributed by atoms with Gasteiger partial charge in [0.2, 0.25) is 10.0 Å². The van der Waals surface area contributed by atoms with Crippen LogP contribution >= 0.6 is 11.3 Å². The first kappa shape index (κ1) is 21.5. The van der Waals surface area contributed by atoms with Gasteiger partial charge in [0.15, 0.2) is 0 Å². The molecule has 1 saturated heterocycles. The lowest BCUT2D eigenvalue weighted by atomic mass is 10.1. The molecule has 1 N–H and O–H groups in total. The fourth-order valence-electron chi connectivity index (χ4n) is 3.67. The number of pyridine rings is 1. The van der Waals surface area contributed by atoms with Crippen molar-refractivity contribution in [3.63, 3.8) is 0 Å². The van der Waals surface area contributed by atoms with E-state index in [0.29, 0.717) is 32.5 Å². The second-order valence-electron chi connectivity index (χ2n) is 7.46. The molecule has 2 aromatic heterocycles. The molecular formula is C22H23N3O4S2. The van der Waals surface area contributed by atoms with Gasteiger partial charge in [0.1, 0.15) is 9.77 Å². The molecule has 0 saturated carbocycles. The molecular weight excluding hydrogens is 434 g/mol. The Morgan fingerprint density at radius 1 is 1.03 bits per heavy atom. The predicted octanol–water partition coefficient (Wildman–Crippen LogP) is 2.54. The summed E-state index contributed by atoms with van der Waals surface area (Å²) in [5.41, 5.74) is 0.793. The lowest BCUT2D eigenvalue weighted by Gasteiger charge is -2.32. The van der Waals surface area contributed by atoms with Gasteiger partial charge in [0.05, 0.1) is 6.54 Å². The maximum atomic E-state index is 13.0. The van der Waals surface area contributed by atoms with E-state index in [1.165, 1.54) is 15.9 Å². The molecule has 1 aromatic carbocycles. The van der Waals surface area contributed by atoms with Crippen LogP contribution in [0.1, 0.15) is 28.8 Å². The molecule has 162 valence electrons. The van der Waals surface area contributed by atoms with Crippen LogP contribution in [0.4, 0.5) is 0 Å². The molecule has 0 bridgehead atoms. The molecule has 1 amide bonds. The highest BCUT2D eigenvalue weighted by atomic mass is 32.2. The lowest BCUT2D eigenvalue weighted by Crippen LogP contribution is -2.47. The Balaban J connectivity index is 1.41. The summed E-state index contributed by atoms with van der Waals surface area (Å²) < 4.78 is 29.4. The van der Waals surface area contributed by atoms with E-state index in [4.69, 9.17) is 0 Å². The number of piperidine rings is 1. The van der Waals surface area contributed by atoms with Crippen molar-refractivity contribution in [3.8, 4) is 0 Å². The van der Waals surface area contributed by atoms with E-state index in [-0.39, 0.29) is 27.3 Å². The van der Waals surface area contributed by atoms with Crippen LogP contribution in [0, 0.1) is 0 Å². The molecule has 0 aliphatic carbocycles. The van der Waals surface area contributed by atoms with E-state index >= 15 is 0 Å². The van der Waals surface area contributed by atoms with E-state index < -0.39 is 10.0 Å². The molecule has 3 heterocycles. The number of likely N-dealkylation sites (tertiary alicyclic amines) is 1. The summed E-state index contributed by atoms with van der Waals surface area (Å²) >= 11 is 1.17. The van der Waals surface area contributed by atoms with E-state index in [2.05, 4.69) is 4.72 Å². The van der Waals surface area contributed by atoms with Gasteiger partial charge in [0.25, 0.3) is 11.5 Å². The maximum Gasteiger partial charge on any atom is 0.263 e. The van der Waals surface area contributed by atoms with Crippen LogP contribution in [0.3, 0.4) is 0 Å². The molecule has 0 unspecified atom stereocenters. The van der Waals surface area contributed by atoms with Crippen molar-refractivity contribution in [2.75, 3.05) is 13.1 Å². The second-order valence-corrected chi connectivity index (χ2v) is 10.3. The number of carbonyl (C=O) groups is 1. The number of carbonyl (C=O) groups excluding carboxylic acids is 1. The molecule has 0 radical (unpaired) electrons. The van der Waals surface area contributed by atoms with Crippen molar-refractivity contribution in [2.24, 2.45) is 0 Å². The van der Waals surface area contributed by atoms with E-state index in [1.807, 2.05) is 30.3 Å². The van der Waals surface area contributed by atoms with Crippen LogP contribution in [0.25, 0.3) is 0 Å². The first-order chi connectivity index (χ1) is 14.9. The number of nitrogens with one attached hydrogen (secondary N) is 1. The maximum absolute atomic E-state index is 13.0. The summed E-state index contributed by atoms with van der Waals surface area (Å²) in [6.07, 6.45) is 2.68. The van der Waals surface area contributed by atoms with Gasteiger partial charge in [-0.15, -0.1) is 11.3 Å². The smallest absolute Gasteiger partial charge is 0.263 e. The highest BCUT2D eigenvalue weighted by molar-refractivity contribution is 7.91. The van der Waals surface area contributed by atoms with Gasteiger partial charge < -0.3 is 9.47 Å². The minimum absolute atomic E-state index is 0.135. The Bertz CT molecular complexity index is 1200. The summed E-state index contributed by atoms with van der Waals surface area (Å²) in [4.78, 5) is 27.5. The molecule has 7 nitrogen and oxygen atoms in total. The molecule has 1 aliphatic heterocycles. The summed E-state index contributed by atoms with van der Waals surface area (Å²) in [7, 11) is -3.54. The summed E-state index contributed by atoms with van der Waals surface area (Å²) in [5.74, 6) is -0.313. The number of hydrogen-bond acceptors (Lipinski definition) is 5. The Hall–Kier alpha value is -2.75. The quantitative estimate of drug-likeness (QED) is 0.616.